The van der Waals surface area contributed by atoms with Gasteiger partial charge in [-0.15, -0.1) is 0 Å². The molecule has 0 atom stereocenters. The van der Waals surface area contributed by atoms with E-state index in [2.05, 4.69) is 4.98 Å². The number of hydrogen-bond acceptors (Lipinski definition) is 2. The minimum Gasteiger partial charge on any atom is -0.392 e. The minimum absolute atomic E-state index is 0.110. The maximum Gasteiger partial charge on any atom is 0.140 e. The highest BCUT2D eigenvalue weighted by Crippen LogP contribution is 2.21. The second kappa shape index (κ2) is 5.02. The third-order valence-electron chi connectivity index (χ3n) is 3.24. The van der Waals surface area contributed by atoms with E-state index < -0.39 is 11.6 Å². The van der Waals surface area contributed by atoms with E-state index >= 15 is 0 Å². The first kappa shape index (κ1) is 12.7. The number of fused-ring (bicyclic) bond motifs is 1. The van der Waals surface area contributed by atoms with Crippen LogP contribution < -0.4 is 0 Å². The fourth-order valence-corrected chi connectivity index (χ4v) is 2.28. The summed E-state index contributed by atoms with van der Waals surface area (Å²) in [7, 11) is 0. The lowest BCUT2D eigenvalue weighted by Crippen LogP contribution is -2.02. The molecule has 0 aliphatic heterocycles. The highest BCUT2D eigenvalue weighted by Gasteiger charge is 2.11. The Kier molecular flexibility index (Phi) is 3.20. The van der Waals surface area contributed by atoms with Crippen molar-refractivity contribution in [1.29, 1.82) is 0 Å². The molecule has 0 amide bonds. The first-order valence-electron chi connectivity index (χ1n) is 6.16. The topological polar surface area (TPSA) is 38.0 Å². The molecule has 2 heterocycles. The van der Waals surface area contributed by atoms with Gasteiger partial charge in [-0.25, -0.2) is 13.8 Å². The first-order valence-corrected chi connectivity index (χ1v) is 6.16. The van der Waals surface area contributed by atoms with Crippen molar-refractivity contribution in [3.05, 3.63) is 65.5 Å². The van der Waals surface area contributed by atoms with Crippen molar-refractivity contribution in [2.75, 3.05) is 0 Å². The molecule has 20 heavy (non-hydrogen) atoms. The normalized spacial score (nSPS) is 11.2. The van der Waals surface area contributed by atoms with Crippen molar-refractivity contribution >= 4 is 11.0 Å². The Balaban J connectivity index is 2.06. The molecule has 3 nitrogen and oxygen atoms in total. The highest BCUT2D eigenvalue weighted by molar-refractivity contribution is 5.80. The number of rotatable bonds is 3. The van der Waals surface area contributed by atoms with Gasteiger partial charge in [0, 0.05) is 35.0 Å². The van der Waals surface area contributed by atoms with E-state index in [0.717, 1.165) is 17.0 Å². The molecule has 0 fully saturated rings. The molecular weight excluding hydrogens is 262 g/mol. The molecule has 5 heteroatoms. The molecule has 3 aromatic rings. The minimum atomic E-state index is -0.599. The Morgan fingerprint density at radius 1 is 1.15 bits per heavy atom. The van der Waals surface area contributed by atoms with Crippen LogP contribution in [0.1, 0.15) is 11.1 Å². The Morgan fingerprint density at radius 2 is 2.00 bits per heavy atom. The average Bonchev–Trinajstić information content (AvgIpc) is 2.80. The fourth-order valence-electron chi connectivity index (χ4n) is 2.28. The molecule has 0 unspecified atom stereocenters. The Hall–Kier alpha value is -2.27. The summed E-state index contributed by atoms with van der Waals surface area (Å²) in [5.41, 5.74) is 1.77. The summed E-state index contributed by atoms with van der Waals surface area (Å²) in [6, 6.07) is 7.14. The number of pyridine rings is 1. The van der Waals surface area contributed by atoms with Crippen LogP contribution in [-0.4, -0.2) is 14.7 Å². The first-order chi connectivity index (χ1) is 9.69. The number of hydrogen-bond donors (Lipinski definition) is 1. The number of halogens is 2. The van der Waals surface area contributed by atoms with Crippen LogP contribution in [0.25, 0.3) is 11.0 Å². The number of aliphatic hydroxyl groups is 1. The lowest BCUT2D eigenvalue weighted by molar-refractivity contribution is 0.283. The lowest BCUT2D eigenvalue weighted by atomic mass is 10.2. The summed E-state index contributed by atoms with van der Waals surface area (Å²) in [4.78, 5) is 4.25. The van der Waals surface area contributed by atoms with E-state index in [9.17, 15) is 13.9 Å². The molecule has 102 valence electrons. The Bertz CT molecular complexity index is 768. The molecule has 0 radical (unpaired) electrons. The van der Waals surface area contributed by atoms with Crippen molar-refractivity contribution < 1.29 is 13.9 Å². The highest BCUT2D eigenvalue weighted by atomic mass is 19.1. The van der Waals surface area contributed by atoms with Gasteiger partial charge in [0.15, 0.2) is 0 Å². The zero-order chi connectivity index (χ0) is 14.1. The van der Waals surface area contributed by atoms with Crippen molar-refractivity contribution in [1.82, 2.24) is 9.55 Å². The second-order valence-electron chi connectivity index (χ2n) is 4.55. The fraction of sp³-hybridized carbons (Fsp3) is 0.133. The molecule has 0 aliphatic carbocycles. The van der Waals surface area contributed by atoms with Gasteiger partial charge in [0.05, 0.1) is 13.2 Å². The molecule has 0 saturated heterocycles. The lowest BCUT2D eigenvalue weighted by Gasteiger charge is -2.06. The number of benzene rings is 1. The summed E-state index contributed by atoms with van der Waals surface area (Å²) in [6.07, 6.45) is 3.38. The van der Waals surface area contributed by atoms with Gasteiger partial charge in [-0.3, -0.25) is 0 Å². The average molecular weight is 274 g/mol. The van der Waals surface area contributed by atoms with Gasteiger partial charge in [-0.05, 0) is 18.2 Å². The summed E-state index contributed by atoms with van der Waals surface area (Å²) in [6.45, 7) is 0.126. The van der Waals surface area contributed by atoms with Crippen LogP contribution in [0.3, 0.4) is 0 Å². The van der Waals surface area contributed by atoms with Gasteiger partial charge in [-0.2, -0.15) is 0 Å². The molecule has 0 aliphatic rings. The van der Waals surface area contributed by atoms with E-state index in [1.165, 1.54) is 12.1 Å². The largest absolute Gasteiger partial charge is 0.392 e. The molecule has 0 spiro atoms. The molecule has 1 N–H and O–H groups in total. The van der Waals surface area contributed by atoms with Gasteiger partial charge in [0.1, 0.15) is 17.3 Å². The van der Waals surface area contributed by atoms with Crippen LogP contribution in [-0.2, 0) is 13.2 Å². The van der Waals surface area contributed by atoms with E-state index in [0.29, 0.717) is 11.2 Å². The van der Waals surface area contributed by atoms with Crippen LogP contribution in [0.15, 0.2) is 42.7 Å². The maximum absolute atomic E-state index is 13.7. The summed E-state index contributed by atoms with van der Waals surface area (Å²) in [5.74, 6) is -1.19. The molecule has 1 aromatic carbocycles. The second-order valence-corrected chi connectivity index (χ2v) is 4.55. The van der Waals surface area contributed by atoms with Crippen LogP contribution >= 0.6 is 0 Å². The van der Waals surface area contributed by atoms with Gasteiger partial charge in [0.25, 0.3) is 0 Å². The number of nitrogens with zero attached hydrogens (tertiary/aromatic N) is 2. The predicted octanol–water partition coefficient (Wildman–Crippen LogP) is 2.86. The predicted molar refractivity (Wildman–Crippen MR) is 71.1 cm³/mol. The molecule has 3 rings (SSSR count). The van der Waals surface area contributed by atoms with Crippen molar-refractivity contribution in [3.8, 4) is 0 Å². The number of aliphatic hydroxyl groups excluding tert-OH is 1. The summed E-state index contributed by atoms with van der Waals surface area (Å²) < 4.78 is 28.4. The zero-order valence-corrected chi connectivity index (χ0v) is 10.6. The summed E-state index contributed by atoms with van der Waals surface area (Å²) in [5, 5.41) is 10.2. The van der Waals surface area contributed by atoms with Crippen LogP contribution in [0.2, 0.25) is 0 Å². The maximum atomic E-state index is 13.7. The van der Waals surface area contributed by atoms with Gasteiger partial charge >= 0.3 is 0 Å². The quantitative estimate of drug-likeness (QED) is 0.797. The van der Waals surface area contributed by atoms with E-state index in [1.54, 1.807) is 23.0 Å². The molecule has 0 bridgehead atoms. The monoisotopic (exact) mass is 274 g/mol. The smallest absolute Gasteiger partial charge is 0.140 e. The van der Waals surface area contributed by atoms with Crippen molar-refractivity contribution in [3.63, 3.8) is 0 Å². The van der Waals surface area contributed by atoms with Gasteiger partial charge in [0.2, 0.25) is 0 Å². The molecule has 0 saturated carbocycles. The third kappa shape index (κ3) is 2.16. The summed E-state index contributed by atoms with van der Waals surface area (Å²) >= 11 is 0. The van der Waals surface area contributed by atoms with E-state index in [1.807, 2.05) is 6.07 Å². The molecular formula is C15H12F2N2O. The standard InChI is InChI=1S/C15H12F2N2O/c16-12-4-3-10(14(17)6-12)7-19-8-11(9-20)13-2-1-5-18-15(13)19/h1-6,8,20H,7,9H2. The third-order valence-corrected chi connectivity index (χ3v) is 3.24. The Labute approximate surface area is 114 Å². The SMILES string of the molecule is OCc1cn(Cc2ccc(F)cc2F)c2ncccc12. The zero-order valence-electron chi connectivity index (χ0n) is 10.6. The number of aromatic nitrogens is 2. The van der Waals surface area contributed by atoms with Crippen LogP contribution in [0.5, 0.6) is 0 Å². The van der Waals surface area contributed by atoms with Crippen molar-refractivity contribution in [2.45, 2.75) is 13.2 Å². The van der Waals surface area contributed by atoms with Crippen LogP contribution in [0.4, 0.5) is 8.78 Å². The van der Waals surface area contributed by atoms with Crippen LogP contribution in [0, 0.1) is 11.6 Å². The van der Waals surface area contributed by atoms with E-state index in [4.69, 9.17) is 0 Å². The van der Waals surface area contributed by atoms with Gasteiger partial charge < -0.3 is 9.67 Å². The molecule has 2 aromatic heterocycles. The Morgan fingerprint density at radius 3 is 2.75 bits per heavy atom. The van der Waals surface area contributed by atoms with Crippen molar-refractivity contribution in [2.24, 2.45) is 0 Å². The van der Waals surface area contributed by atoms with E-state index in [-0.39, 0.29) is 13.2 Å². The van der Waals surface area contributed by atoms with Gasteiger partial charge in [-0.1, -0.05) is 6.07 Å².